The molecule has 0 aromatic heterocycles. The Balaban J connectivity index is 1.73. The highest BCUT2D eigenvalue weighted by molar-refractivity contribution is 9.10. The van der Waals surface area contributed by atoms with Crippen molar-refractivity contribution in [2.45, 2.75) is 0 Å². The number of esters is 1. The number of hydrogen-bond donors (Lipinski definition) is 1. The number of nitriles is 1. The monoisotopic (exact) mass is 476 g/mol. The highest BCUT2D eigenvalue weighted by Gasteiger charge is 2.12. The summed E-state index contributed by atoms with van der Waals surface area (Å²) in [5.41, 5.74) is 1.40. The second-order valence-corrected chi connectivity index (χ2v) is 7.24. The Morgan fingerprint density at radius 3 is 2.35 bits per heavy atom. The van der Waals surface area contributed by atoms with Crippen molar-refractivity contribution in [3.05, 3.63) is 94.0 Å². The molecule has 3 rings (SSSR count). The largest absolute Gasteiger partial charge is 0.497 e. The number of benzene rings is 3. The van der Waals surface area contributed by atoms with Crippen molar-refractivity contribution < 1.29 is 19.1 Å². The first-order valence-electron chi connectivity index (χ1n) is 9.13. The lowest BCUT2D eigenvalue weighted by atomic mass is 10.1. The van der Waals surface area contributed by atoms with Crippen LogP contribution in [0.3, 0.4) is 0 Å². The summed E-state index contributed by atoms with van der Waals surface area (Å²) < 4.78 is 11.4. The fourth-order valence-electron chi connectivity index (χ4n) is 2.61. The molecular weight excluding hydrogens is 460 g/mol. The van der Waals surface area contributed by atoms with E-state index in [4.69, 9.17) is 9.47 Å². The molecule has 0 radical (unpaired) electrons. The van der Waals surface area contributed by atoms with E-state index in [1.165, 1.54) is 6.08 Å². The third-order valence-corrected chi connectivity index (χ3v) is 4.70. The van der Waals surface area contributed by atoms with E-state index in [0.29, 0.717) is 28.3 Å². The van der Waals surface area contributed by atoms with Gasteiger partial charge in [0.15, 0.2) is 0 Å². The van der Waals surface area contributed by atoms with Crippen molar-refractivity contribution in [2.24, 2.45) is 0 Å². The topological polar surface area (TPSA) is 88.4 Å². The van der Waals surface area contributed by atoms with Gasteiger partial charge in [0.2, 0.25) is 0 Å². The molecule has 154 valence electrons. The molecule has 0 saturated carbocycles. The van der Waals surface area contributed by atoms with E-state index < -0.39 is 11.9 Å². The molecule has 0 heterocycles. The average molecular weight is 477 g/mol. The number of nitrogens with one attached hydrogen (secondary N) is 1. The van der Waals surface area contributed by atoms with Crippen molar-refractivity contribution in [1.82, 2.24) is 0 Å². The van der Waals surface area contributed by atoms with Crippen LogP contribution in [0.1, 0.15) is 15.9 Å². The van der Waals surface area contributed by atoms with Crippen LogP contribution >= 0.6 is 15.9 Å². The molecule has 0 spiro atoms. The number of methoxy groups -OCH3 is 1. The van der Waals surface area contributed by atoms with Crippen molar-refractivity contribution in [2.75, 3.05) is 12.4 Å². The fourth-order valence-corrected chi connectivity index (χ4v) is 2.87. The summed E-state index contributed by atoms with van der Waals surface area (Å²) in [7, 11) is 1.54. The van der Waals surface area contributed by atoms with Gasteiger partial charge in [-0.05, 0) is 72.3 Å². The number of carbonyl (C=O) groups is 2. The maximum absolute atomic E-state index is 12.4. The van der Waals surface area contributed by atoms with Crippen molar-refractivity contribution in [1.29, 1.82) is 5.26 Å². The molecule has 1 N–H and O–H groups in total. The molecule has 0 aliphatic rings. The Bertz CT molecular complexity index is 1160. The molecular formula is C24H17BrN2O4. The third kappa shape index (κ3) is 6.04. The second kappa shape index (κ2) is 10.2. The Morgan fingerprint density at radius 1 is 1.00 bits per heavy atom. The first-order chi connectivity index (χ1) is 15.0. The summed E-state index contributed by atoms with van der Waals surface area (Å²) in [6.45, 7) is 0. The van der Waals surface area contributed by atoms with E-state index in [1.807, 2.05) is 6.07 Å². The summed E-state index contributed by atoms with van der Waals surface area (Å²) in [6.07, 6.45) is 1.43. The number of carbonyl (C=O) groups excluding carboxylic acids is 2. The van der Waals surface area contributed by atoms with Crippen LogP contribution in [0.25, 0.3) is 6.08 Å². The minimum atomic E-state index is -0.537. The minimum Gasteiger partial charge on any atom is -0.497 e. The lowest BCUT2D eigenvalue weighted by molar-refractivity contribution is -0.112. The Labute approximate surface area is 187 Å². The van der Waals surface area contributed by atoms with Gasteiger partial charge in [0, 0.05) is 10.2 Å². The maximum atomic E-state index is 12.4. The normalized spacial score (nSPS) is 10.7. The molecule has 0 bridgehead atoms. The van der Waals surface area contributed by atoms with E-state index in [-0.39, 0.29) is 5.57 Å². The molecule has 1 amide bonds. The molecule has 0 unspecified atom stereocenters. The maximum Gasteiger partial charge on any atom is 0.343 e. The zero-order valence-corrected chi connectivity index (χ0v) is 18.0. The van der Waals surface area contributed by atoms with Gasteiger partial charge in [-0.15, -0.1) is 0 Å². The molecule has 7 heteroatoms. The van der Waals surface area contributed by atoms with Crippen LogP contribution in [0, 0.1) is 11.3 Å². The number of nitrogens with zero attached hydrogens (tertiary/aromatic N) is 1. The summed E-state index contributed by atoms with van der Waals surface area (Å²) >= 11 is 3.33. The number of anilines is 1. The van der Waals surface area contributed by atoms with Crippen LogP contribution in [-0.2, 0) is 4.79 Å². The van der Waals surface area contributed by atoms with Crippen LogP contribution in [0.15, 0.2) is 82.8 Å². The molecule has 3 aromatic rings. The lowest BCUT2D eigenvalue weighted by Crippen LogP contribution is -2.13. The second-order valence-electron chi connectivity index (χ2n) is 6.32. The minimum absolute atomic E-state index is 0.0819. The molecule has 0 atom stereocenters. The Kier molecular flexibility index (Phi) is 7.20. The highest BCUT2D eigenvalue weighted by atomic mass is 79.9. The van der Waals surface area contributed by atoms with E-state index in [0.717, 1.165) is 4.47 Å². The van der Waals surface area contributed by atoms with E-state index in [2.05, 4.69) is 21.2 Å². The SMILES string of the molecule is COc1ccc(C(=O)Oc2cccc(/C=C(\C#N)C(=O)Nc3ccc(Br)cc3)c2)cc1. The Morgan fingerprint density at radius 2 is 1.71 bits per heavy atom. The van der Waals surface area contributed by atoms with Gasteiger partial charge in [-0.2, -0.15) is 5.26 Å². The van der Waals surface area contributed by atoms with Crippen molar-refractivity contribution in [3.63, 3.8) is 0 Å². The molecule has 6 nitrogen and oxygen atoms in total. The van der Waals surface area contributed by atoms with Gasteiger partial charge in [0.25, 0.3) is 5.91 Å². The predicted octanol–water partition coefficient (Wildman–Crippen LogP) is 5.22. The number of ether oxygens (including phenoxy) is 2. The zero-order valence-electron chi connectivity index (χ0n) is 16.5. The van der Waals surface area contributed by atoms with Crippen LogP contribution in [0.5, 0.6) is 11.5 Å². The number of rotatable bonds is 6. The number of amides is 1. The average Bonchev–Trinajstić information content (AvgIpc) is 2.79. The van der Waals surface area contributed by atoms with Gasteiger partial charge in [0.1, 0.15) is 23.1 Å². The fraction of sp³-hybridized carbons (Fsp3) is 0.0417. The molecule has 31 heavy (non-hydrogen) atoms. The van der Waals surface area contributed by atoms with Crippen LogP contribution in [0.2, 0.25) is 0 Å². The predicted molar refractivity (Wildman–Crippen MR) is 121 cm³/mol. The standard InChI is InChI=1S/C24H17BrN2O4/c1-30-21-11-5-17(6-12-21)24(29)31-22-4-2-3-16(14-22)13-18(15-26)23(28)27-20-9-7-19(25)8-10-20/h2-14H,1H3,(H,27,28)/b18-13+. The number of hydrogen-bond acceptors (Lipinski definition) is 5. The van der Waals surface area contributed by atoms with Gasteiger partial charge in [-0.1, -0.05) is 28.1 Å². The van der Waals surface area contributed by atoms with Crippen molar-refractivity contribution in [3.8, 4) is 17.6 Å². The molecule has 0 aliphatic carbocycles. The lowest BCUT2D eigenvalue weighted by Gasteiger charge is -2.07. The van der Waals surface area contributed by atoms with E-state index in [1.54, 1.807) is 79.9 Å². The Hall–Kier alpha value is -3.89. The number of halogens is 1. The van der Waals surface area contributed by atoms with E-state index >= 15 is 0 Å². The van der Waals surface area contributed by atoms with E-state index in [9.17, 15) is 14.9 Å². The summed E-state index contributed by atoms with van der Waals surface area (Å²) in [5, 5.41) is 12.1. The molecule has 3 aromatic carbocycles. The molecule has 0 fully saturated rings. The van der Waals surface area contributed by atoms with Crippen LogP contribution in [-0.4, -0.2) is 19.0 Å². The summed E-state index contributed by atoms with van der Waals surface area (Å²) in [5.74, 6) is -0.142. The van der Waals surface area contributed by atoms with Gasteiger partial charge in [-0.25, -0.2) is 4.79 Å². The van der Waals surface area contributed by atoms with Crippen LogP contribution in [0.4, 0.5) is 5.69 Å². The van der Waals surface area contributed by atoms with Crippen LogP contribution < -0.4 is 14.8 Å². The van der Waals surface area contributed by atoms with Crippen molar-refractivity contribution >= 4 is 39.6 Å². The summed E-state index contributed by atoms with van der Waals surface area (Å²) in [4.78, 5) is 24.8. The molecule has 0 saturated heterocycles. The van der Waals surface area contributed by atoms with Gasteiger partial charge >= 0.3 is 5.97 Å². The quantitative estimate of drug-likeness (QED) is 0.228. The third-order valence-electron chi connectivity index (χ3n) is 4.17. The smallest absolute Gasteiger partial charge is 0.343 e. The van der Waals surface area contributed by atoms with Gasteiger partial charge in [-0.3, -0.25) is 4.79 Å². The molecule has 0 aliphatic heterocycles. The van der Waals surface area contributed by atoms with Gasteiger partial charge < -0.3 is 14.8 Å². The zero-order chi connectivity index (χ0) is 22.2. The van der Waals surface area contributed by atoms with Gasteiger partial charge in [0.05, 0.1) is 12.7 Å². The first kappa shape index (κ1) is 21.8. The highest BCUT2D eigenvalue weighted by Crippen LogP contribution is 2.20. The summed E-state index contributed by atoms with van der Waals surface area (Å²) in [6, 6.07) is 22.0. The first-order valence-corrected chi connectivity index (χ1v) is 9.93.